The zero-order chi connectivity index (χ0) is 15.2. The van der Waals surface area contributed by atoms with Crippen LogP contribution in [0.3, 0.4) is 0 Å². The van der Waals surface area contributed by atoms with Gasteiger partial charge in [-0.05, 0) is 19.8 Å². The number of hydrogen-bond donors (Lipinski definition) is 4. The molecular weight excluding hydrogens is 266 g/mol. The van der Waals surface area contributed by atoms with Gasteiger partial charge >= 0.3 is 12.0 Å². The van der Waals surface area contributed by atoms with Gasteiger partial charge in [-0.25, -0.2) is 4.79 Å². The summed E-state index contributed by atoms with van der Waals surface area (Å²) in [6.07, 6.45) is 1.49. The topological polar surface area (TPSA) is 119 Å². The average molecular weight is 287 g/mol. The number of nitrogens with zero attached hydrogens (tertiary/aromatic N) is 1. The molecule has 0 bridgehead atoms. The van der Waals surface area contributed by atoms with E-state index in [0.717, 1.165) is 25.9 Å². The van der Waals surface area contributed by atoms with E-state index in [1.54, 1.807) is 4.90 Å². The SMILES string of the molecule is CC(O)(CNC(=O)NCC(=O)N1CCCC1)CC(=O)O. The molecule has 1 aliphatic heterocycles. The van der Waals surface area contributed by atoms with Crippen LogP contribution in [-0.2, 0) is 9.59 Å². The molecular formula is C12H21N3O5. The Morgan fingerprint density at radius 1 is 1.20 bits per heavy atom. The van der Waals surface area contributed by atoms with Gasteiger partial charge < -0.3 is 25.7 Å². The quantitative estimate of drug-likeness (QED) is 0.506. The minimum absolute atomic E-state index is 0.104. The number of amides is 3. The highest BCUT2D eigenvalue weighted by molar-refractivity contribution is 5.84. The van der Waals surface area contributed by atoms with Crippen LogP contribution in [-0.4, -0.2) is 64.8 Å². The van der Waals surface area contributed by atoms with E-state index in [0.29, 0.717) is 0 Å². The highest BCUT2D eigenvalue weighted by Gasteiger charge is 2.25. The highest BCUT2D eigenvalue weighted by Crippen LogP contribution is 2.07. The first kappa shape index (κ1) is 16.2. The van der Waals surface area contributed by atoms with Crippen LogP contribution < -0.4 is 10.6 Å². The van der Waals surface area contributed by atoms with E-state index >= 15 is 0 Å². The molecule has 1 unspecified atom stereocenters. The number of carbonyl (C=O) groups excluding carboxylic acids is 2. The second-order valence-corrected chi connectivity index (χ2v) is 5.19. The van der Waals surface area contributed by atoms with Crippen molar-refractivity contribution in [1.29, 1.82) is 0 Å². The molecule has 0 aromatic rings. The lowest BCUT2D eigenvalue weighted by molar-refractivity contribution is -0.141. The fourth-order valence-electron chi connectivity index (χ4n) is 1.96. The molecule has 1 heterocycles. The van der Waals surface area contributed by atoms with Crippen LogP contribution >= 0.6 is 0 Å². The molecule has 0 aliphatic carbocycles. The molecule has 3 amide bonds. The molecule has 0 radical (unpaired) electrons. The molecule has 0 saturated carbocycles. The molecule has 0 aromatic heterocycles. The van der Waals surface area contributed by atoms with Crippen molar-refractivity contribution in [2.24, 2.45) is 0 Å². The van der Waals surface area contributed by atoms with Crippen molar-refractivity contribution in [2.45, 2.75) is 31.8 Å². The highest BCUT2D eigenvalue weighted by atomic mass is 16.4. The van der Waals surface area contributed by atoms with Gasteiger partial charge in [-0.1, -0.05) is 0 Å². The van der Waals surface area contributed by atoms with Crippen LogP contribution in [0.25, 0.3) is 0 Å². The maximum atomic E-state index is 11.7. The third kappa shape index (κ3) is 5.87. The van der Waals surface area contributed by atoms with Crippen molar-refractivity contribution >= 4 is 17.9 Å². The Balaban J connectivity index is 2.23. The molecule has 8 nitrogen and oxygen atoms in total. The molecule has 0 spiro atoms. The zero-order valence-corrected chi connectivity index (χ0v) is 11.5. The van der Waals surface area contributed by atoms with Gasteiger partial charge in [0.2, 0.25) is 5.91 Å². The van der Waals surface area contributed by atoms with E-state index in [9.17, 15) is 19.5 Å². The number of hydrogen-bond acceptors (Lipinski definition) is 4. The summed E-state index contributed by atoms with van der Waals surface area (Å²) < 4.78 is 0. The Hall–Kier alpha value is -1.83. The number of aliphatic carboxylic acids is 1. The van der Waals surface area contributed by atoms with E-state index in [1.807, 2.05) is 0 Å². The first-order valence-electron chi connectivity index (χ1n) is 6.54. The van der Waals surface area contributed by atoms with E-state index in [2.05, 4.69) is 10.6 Å². The second-order valence-electron chi connectivity index (χ2n) is 5.19. The number of carboxylic acid groups (broad SMARTS) is 1. The zero-order valence-electron chi connectivity index (χ0n) is 11.5. The predicted molar refractivity (Wildman–Crippen MR) is 70.1 cm³/mol. The van der Waals surface area contributed by atoms with Crippen LogP contribution in [0.4, 0.5) is 4.79 Å². The summed E-state index contributed by atoms with van der Waals surface area (Å²) in [5.74, 6) is -1.30. The average Bonchev–Trinajstić information content (AvgIpc) is 2.85. The summed E-state index contributed by atoms with van der Waals surface area (Å²) >= 11 is 0. The van der Waals surface area contributed by atoms with Gasteiger partial charge in [0.25, 0.3) is 0 Å². The van der Waals surface area contributed by atoms with E-state index in [-0.39, 0.29) is 19.0 Å². The minimum Gasteiger partial charge on any atom is -0.481 e. The number of carbonyl (C=O) groups is 3. The van der Waals surface area contributed by atoms with Crippen molar-refractivity contribution in [1.82, 2.24) is 15.5 Å². The largest absolute Gasteiger partial charge is 0.481 e. The van der Waals surface area contributed by atoms with Gasteiger partial charge in [-0.3, -0.25) is 9.59 Å². The monoisotopic (exact) mass is 287 g/mol. The van der Waals surface area contributed by atoms with Crippen LogP contribution in [0.1, 0.15) is 26.2 Å². The first-order valence-corrected chi connectivity index (χ1v) is 6.54. The summed E-state index contributed by atoms with van der Waals surface area (Å²) in [6.45, 7) is 2.44. The maximum absolute atomic E-state index is 11.7. The number of carboxylic acids is 1. The Bertz CT molecular complexity index is 377. The third-order valence-electron chi connectivity index (χ3n) is 3.02. The number of urea groups is 1. The molecule has 1 rings (SSSR count). The minimum atomic E-state index is -1.53. The molecule has 114 valence electrons. The van der Waals surface area contributed by atoms with Crippen LogP contribution in [0, 0.1) is 0 Å². The van der Waals surface area contributed by atoms with E-state index in [1.165, 1.54) is 6.92 Å². The van der Waals surface area contributed by atoms with Gasteiger partial charge in [0.05, 0.1) is 18.6 Å². The normalized spacial score (nSPS) is 17.4. The fourth-order valence-corrected chi connectivity index (χ4v) is 1.96. The molecule has 4 N–H and O–H groups in total. The number of nitrogens with one attached hydrogen (secondary N) is 2. The lowest BCUT2D eigenvalue weighted by Crippen LogP contribution is -2.48. The molecule has 1 saturated heterocycles. The molecule has 1 aliphatic rings. The summed E-state index contributed by atoms with van der Waals surface area (Å²) in [6, 6.07) is -0.608. The van der Waals surface area contributed by atoms with Gasteiger partial charge in [-0.2, -0.15) is 0 Å². The molecule has 20 heavy (non-hydrogen) atoms. The first-order chi connectivity index (χ1) is 9.30. The van der Waals surface area contributed by atoms with Gasteiger partial charge in [0.15, 0.2) is 0 Å². The van der Waals surface area contributed by atoms with Crippen molar-refractivity contribution in [3.63, 3.8) is 0 Å². The standard InChI is InChI=1S/C12H21N3O5/c1-12(20,6-10(17)18)8-14-11(19)13-7-9(16)15-4-2-3-5-15/h20H,2-8H2,1H3,(H,17,18)(H2,13,14,19). The summed E-state index contributed by atoms with van der Waals surface area (Å²) in [4.78, 5) is 35.3. The second kappa shape index (κ2) is 7.09. The summed E-state index contributed by atoms with van der Waals surface area (Å²) in [7, 11) is 0. The summed E-state index contributed by atoms with van der Waals surface area (Å²) in [5, 5.41) is 23.0. The Labute approximate surface area is 117 Å². The number of likely N-dealkylation sites (tertiary alicyclic amines) is 1. The Kier molecular flexibility index (Phi) is 5.75. The van der Waals surface area contributed by atoms with Gasteiger partial charge in [0, 0.05) is 19.6 Å². The van der Waals surface area contributed by atoms with Crippen LogP contribution in [0.5, 0.6) is 0 Å². The van der Waals surface area contributed by atoms with Crippen molar-refractivity contribution < 1.29 is 24.6 Å². The molecule has 1 fully saturated rings. The molecule has 1 atom stereocenters. The number of rotatable bonds is 6. The van der Waals surface area contributed by atoms with Gasteiger partial charge in [-0.15, -0.1) is 0 Å². The predicted octanol–water partition coefficient (Wildman–Crippen LogP) is -0.866. The summed E-state index contributed by atoms with van der Waals surface area (Å²) in [5.41, 5.74) is -1.53. The van der Waals surface area contributed by atoms with Crippen LogP contribution in [0.15, 0.2) is 0 Å². The van der Waals surface area contributed by atoms with Crippen LogP contribution in [0.2, 0.25) is 0 Å². The van der Waals surface area contributed by atoms with Crippen molar-refractivity contribution in [3.8, 4) is 0 Å². The van der Waals surface area contributed by atoms with Gasteiger partial charge in [0.1, 0.15) is 0 Å². The Morgan fingerprint density at radius 3 is 2.35 bits per heavy atom. The van der Waals surface area contributed by atoms with Crippen molar-refractivity contribution in [2.75, 3.05) is 26.2 Å². The lowest BCUT2D eigenvalue weighted by Gasteiger charge is -2.21. The van der Waals surface area contributed by atoms with E-state index in [4.69, 9.17) is 5.11 Å². The Morgan fingerprint density at radius 2 is 1.80 bits per heavy atom. The molecule has 8 heteroatoms. The fraction of sp³-hybridized carbons (Fsp3) is 0.750. The molecule has 0 aromatic carbocycles. The number of aliphatic hydroxyl groups is 1. The smallest absolute Gasteiger partial charge is 0.315 e. The third-order valence-corrected chi connectivity index (χ3v) is 3.02. The van der Waals surface area contributed by atoms with Crippen molar-refractivity contribution in [3.05, 3.63) is 0 Å². The lowest BCUT2D eigenvalue weighted by atomic mass is 10.0. The van der Waals surface area contributed by atoms with E-state index < -0.39 is 24.0 Å². The maximum Gasteiger partial charge on any atom is 0.315 e.